The summed E-state index contributed by atoms with van der Waals surface area (Å²) < 4.78 is 24.1. The van der Waals surface area contributed by atoms with Gasteiger partial charge < -0.3 is 5.32 Å². The number of rotatable bonds is 2. The number of anilines is 1. The molecule has 0 radical (unpaired) electrons. The van der Waals surface area contributed by atoms with Crippen molar-refractivity contribution in [1.82, 2.24) is 0 Å². The second-order valence-electron chi connectivity index (χ2n) is 4.88. The van der Waals surface area contributed by atoms with Crippen LogP contribution in [0.4, 0.5) is 5.69 Å². The molecule has 1 aliphatic heterocycles. The van der Waals surface area contributed by atoms with Crippen LogP contribution in [0.25, 0.3) is 10.8 Å². The molecule has 2 aromatic carbocycles. The molecular weight excluding hydrogens is 326 g/mol. The van der Waals surface area contributed by atoms with Crippen LogP contribution in [0.2, 0.25) is 0 Å². The SMILES string of the molecule is O=S1(=O)CCC(Nc2ccc(Br)c3ccccc23)C1. The van der Waals surface area contributed by atoms with Gasteiger partial charge in [0.25, 0.3) is 0 Å². The summed E-state index contributed by atoms with van der Waals surface area (Å²) in [4.78, 5) is 0. The van der Waals surface area contributed by atoms with Crippen LogP contribution >= 0.6 is 15.9 Å². The molecule has 3 rings (SSSR count). The quantitative estimate of drug-likeness (QED) is 0.913. The summed E-state index contributed by atoms with van der Waals surface area (Å²) in [6.07, 6.45) is 0.687. The second kappa shape index (κ2) is 4.80. The number of nitrogens with one attached hydrogen (secondary N) is 1. The molecule has 0 bridgehead atoms. The van der Waals surface area contributed by atoms with Gasteiger partial charge in [0.1, 0.15) is 0 Å². The van der Waals surface area contributed by atoms with E-state index in [1.807, 2.05) is 30.3 Å². The summed E-state index contributed by atoms with van der Waals surface area (Å²) in [6.45, 7) is 0. The highest BCUT2D eigenvalue weighted by molar-refractivity contribution is 9.10. The van der Waals surface area contributed by atoms with Crippen molar-refractivity contribution in [3.05, 3.63) is 40.9 Å². The van der Waals surface area contributed by atoms with Gasteiger partial charge in [-0.1, -0.05) is 40.2 Å². The fourth-order valence-electron chi connectivity index (χ4n) is 2.52. The summed E-state index contributed by atoms with van der Waals surface area (Å²) in [7, 11) is -2.85. The minimum atomic E-state index is -2.85. The first-order chi connectivity index (χ1) is 9.05. The highest BCUT2D eigenvalue weighted by Crippen LogP contribution is 2.31. The van der Waals surface area contributed by atoms with E-state index in [0.29, 0.717) is 12.2 Å². The zero-order chi connectivity index (χ0) is 13.5. The molecule has 5 heteroatoms. The van der Waals surface area contributed by atoms with Crippen LogP contribution < -0.4 is 5.32 Å². The maximum Gasteiger partial charge on any atom is 0.152 e. The summed E-state index contributed by atoms with van der Waals surface area (Å²) in [5.74, 6) is 0.524. The highest BCUT2D eigenvalue weighted by Gasteiger charge is 2.27. The first kappa shape index (κ1) is 12.9. The fourth-order valence-corrected chi connectivity index (χ4v) is 4.67. The Balaban J connectivity index is 1.96. The van der Waals surface area contributed by atoms with E-state index in [9.17, 15) is 8.42 Å². The Morgan fingerprint density at radius 1 is 1.11 bits per heavy atom. The van der Waals surface area contributed by atoms with Crippen LogP contribution in [0.15, 0.2) is 40.9 Å². The van der Waals surface area contributed by atoms with E-state index < -0.39 is 9.84 Å². The zero-order valence-corrected chi connectivity index (χ0v) is 12.7. The topological polar surface area (TPSA) is 46.2 Å². The molecule has 100 valence electrons. The minimum Gasteiger partial charge on any atom is -0.381 e. The first-order valence-corrected chi connectivity index (χ1v) is 8.81. The maximum atomic E-state index is 11.5. The molecular formula is C14H14BrNO2S. The Kier molecular flexibility index (Phi) is 3.27. The van der Waals surface area contributed by atoms with Crippen molar-refractivity contribution in [3.63, 3.8) is 0 Å². The Bertz CT molecular complexity index is 727. The zero-order valence-electron chi connectivity index (χ0n) is 10.3. The van der Waals surface area contributed by atoms with Crippen molar-refractivity contribution in [1.29, 1.82) is 0 Å². The first-order valence-electron chi connectivity index (χ1n) is 6.19. The number of halogens is 1. The molecule has 0 aliphatic carbocycles. The van der Waals surface area contributed by atoms with Crippen molar-refractivity contribution in [3.8, 4) is 0 Å². The lowest BCUT2D eigenvalue weighted by Gasteiger charge is -2.15. The molecule has 1 fully saturated rings. The van der Waals surface area contributed by atoms with Gasteiger partial charge in [0.2, 0.25) is 0 Å². The third kappa shape index (κ3) is 2.62. The molecule has 1 N–H and O–H groups in total. The molecule has 1 saturated heterocycles. The molecule has 2 aromatic rings. The number of hydrogen-bond acceptors (Lipinski definition) is 3. The van der Waals surface area contributed by atoms with Crippen LogP contribution in [0.3, 0.4) is 0 Å². The monoisotopic (exact) mass is 339 g/mol. The normalized spacial score (nSPS) is 21.6. The summed E-state index contributed by atoms with van der Waals surface area (Å²) in [5.41, 5.74) is 1.00. The Morgan fingerprint density at radius 3 is 2.53 bits per heavy atom. The average Bonchev–Trinajstić information content (AvgIpc) is 2.73. The van der Waals surface area contributed by atoms with Crippen LogP contribution in [0.5, 0.6) is 0 Å². The standard InChI is InChI=1S/C14H14BrNO2S/c15-13-5-6-14(12-4-2-1-3-11(12)13)16-10-7-8-19(17,18)9-10/h1-6,10,16H,7-9H2. The van der Waals surface area contributed by atoms with Gasteiger partial charge >= 0.3 is 0 Å². The van der Waals surface area contributed by atoms with Gasteiger partial charge in [-0.05, 0) is 23.9 Å². The average molecular weight is 340 g/mol. The van der Waals surface area contributed by atoms with Crippen LogP contribution in [-0.2, 0) is 9.84 Å². The highest BCUT2D eigenvalue weighted by atomic mass is 79.9. The van der Waals surface area contributed by atoms with E-state index in [0.717, 1.165) is 20.9 Å². The van der Waals surface area contributed by atoms with E-state index in [2.05, 4.69) is 27.3 Å². The molecule has 19 heavy (non-hydrogen) atoms. The minimum absolute atomic E-state index is 0.0228. The second-order valence-corrected chi connectivity index (χ2v) is 7.97. The third-order valence-electron chi connectivity index (χ3n) is 3.46. The molecule has 1 aliphatic rings. The van der Waals surface area contributed by atoms with Crippen LogP contribution in [0, 0.1) is 0 Å². The van der Waals surface area contributed by atoms with Gasteiger partial charge in [-0.15, -0.1) is 0 Å². The molecule has 1 heterocycles. The summed E-state index contributed by atoms with van der Waals surface area (Å²) >= 11 is 3.54. The molecule has 1 unspecified atom stereocenters. The molecule has 0 aromatic heterocycles. The van der Waals surface area contributed by atoms with Crippen LogP contribution in [0.1, 0.15) is 6.42 Å². The predicted molar refractivity (Wildman–Crippen MR) is 82.3 cm³/mol. The number of sulfone groups is 1. The van der Waals surface area contributed by atoms with Gasteiger partial charge in [-0.2, -0.15) is 0 Å². The molecule has 0 saturated carbocycles. The third-order valence-corrected chi connectivity index (χ3v) is 5.92. The Hall–Kier alpha value is -1.07. The van der Waals surface area contributed by atoms with Crippen molar-refractivity contribution in [2.75, 3.05) is 16.8 Å². The van der Waals surface area contributed by atoms with Crippen molar-refractivity contribution < 1.29 is 8.42 Å². The number of hydrogen-bond donors (Lipinski definition) is 1. The largest absolute Gasteiger partial charge is 0.381 e. The smallest absolute Gasteiger partial charge is 0.152 e. The Labute approximate surface area is 121 Å². The van der Waals surface area contributed by atoms with Crippen LogP contribution in [-0.4, -0.2) is 26.0 Å². The fraction of sp³-hybridized carbons (Fsp3) is 0.286. The number of fused-ring (bicyclic) bond motifs is 1. The van der Waals surface area contributed by atoms with Gasteiger partial charge in [0.15, 0.2) is 9.84 Å². The van der Waals surface area contributed by atoms with Crippen molar-refractivity contribution in [2.24, 2.45) is 0 Å². The van der Waals surface area contributed by atoms with E-state index in [-0.39, 0.29) is 11.8 Å². The van der Waals surface area contributed by atoms with E-state index >= 15 is 0 Å². The van der Waals surface area contributed by atoms with E-state index in [4.69, 9.17) is 0 Å². The summed E-state index contributed by atoms with van der Waals surface area (Å²) in [6, 6.07) is 12.1. The molecule has 0 spiro atoms. The van der Waals surface area contributed by atoms with E-state index in [1.165, 1.54) is 0 Å². The van der Waals surface area contributed by atoms with Gasteiger partial charge in [0, 0.05) is 21.6 Å². The van der Waals surface area contributed by atoms with Gasteiger partial charge in [-0.25, -0.2) is 8.42 Å². The molecule has 3 nitrogen and oxygen atoms in total. The summed E-state index contributed by atoms with van der Waals surface area (Å²) in [5, 5.41) is 5.61. The van der Waals surface area contributed by atoms with Gasteiger partial charge in [0.05, 0.1) is 11.5 Å². The molecule has 1 atom stereocenters. The predicted octanol–water partition coefficient (Wildman–Crippen LogP) is 3.20. The molecule has 0 amide bonds. The van der Waals surface area contributed by atoms with Crippen molar-refractivity contribution in [2.45, 2.75) is 12.5 Å². The maximum absolute atomic E-state index is 11.5. The van der Waals surface area contributed by atoms with E-state index in [1.54, 1.807) is 0 Å². The van der Waals surface area contributed by atoms with Gasteiger partial charge in [-0.3, -0.25) is 0 Å². The lowest BCUT2D eigenvalue weighted by atomic mass is 10.1. The van der Waals surface area contributed by atoms with Crippen molar-refractivity contribution >= 4 is 42.2 Å². The number of benzene rings is 2. The Morgan fingerprint density at radius 2 is 1.84 bits per heavy atom. The lowest BCUT2D eigenvalue weighted by molar-refractivity contribution is 0.602. The lowest BCUT2D eigenvalue weighted by Crippen LogP contribution is -2.20.